The minimum Gasteiger partial charge on any atom is -0.489 e. The summed E-state index contributed by atoms with van der Waals surface area (Å²) in [4.78, 5) is 12.1. The average molecular weight is 473 g/mol. The molecular formula is C26H26F3NO4. The minimum absolute atomic E-state index is 0.000982. The van der Waals surface area contributed by atoms with Crippen molar-refractivity contribution < 1.29 is 27.4 Å². The number of aryl methyl sites for hydroxylation is 1. The van der Waals surface area contributed by atoms with Crippen molar-refractivity contribution in [3.05, 3.63) is 88.2 Å². The Hall–Kier alpha value is -3.10. The Morgan fingerprint density at radius 3 is 2.62 bits per heavy atom. The number of benzene rings is 2. The Morgan fingerprint density at radius 2 is 1.91 bits per heavy atom. The number of nitrogens with zero attached hydrogens (tertiary/aromatic N) is 1. The van der Waals surface area contributed by atoms with Gasteiger partial charge in [0.1, 0.15) is 12.4 Å². The van der Waals surface area contributed by atoms with E-state index in [2.05, 4.69) is 6.58 Å². The summed E-state index contributed by atoms with van der Waals surface area (Å²) < 4.78 is 60.2. The van der Waals surface area contributed by atoms with Crippen LogP contribution in [0, 0.1) is 0 Å². The molecule has 0 aliphatic carbocycles. The van der Waals surface area contributed by atoms with Crippen molar-refractivity contribution >= 4 is 10.9 Å². The first-order valence-electron chi connectivity index (χ1n) is 11.0. The Kier molecular flexibility index (Phi) is 6.81. The van der Waals surface area contributed by atoms with Crippen LogP contribution in [0.4, 0.5) is 13.2 Å². The molecule has 5 nitrogen and oxygen atoms in total. The quantitative estimate of drug-likeness (QED) is 0.435. The van der Waals surface area contributed by atoms with E-state index in [9.17, 15) is 18.0 Å². The predicted molar refractivity (Wildman–Crippen MR) is 123 cm³/mol. The topological polar surface area (TPSA) is 49.7 Å². The molecule has 0 spiro atoms. The Bertz CT molecular complexity index is 1240. The zero-order valence-electron chi connectivity index (χ0n) is 18.9. The van der Waals surface area contributed by atoms with Gasteiger partial charge in [-0.15, -0.1) is 6.58 Å². The molecule has 0 N–H and O–H groups in total. The summed E-state index contributed by atoms with van der Waals surface area (Å²) in [5.74, 6) is 0.0795. The van der Waals surface area contributed by atoms with Crippen molar-refractivity contribution in [1.29, 1.82) is 0 Å². The molecule has 1 aromatic heterocycles. The average Bonchev–Trinajstić information content (AvgIpc) is 2.83. The van der Waals surface area contributed by atoms with E-state index in [4.69, 9.17) is 14.2 Å². The number of alkyl halides is 3. The van der Waals surface area contributed by atoms with Crippen molar-refractivity contribution in [3.8, 4) is 5.75 Å². The van der Waals surface area contributed by atoms with Crippen molar-refractivity contribution in [1.82, 2.24) is 4.57 Å². The molecule has 0 radical (unpaired) electrons. The van der Waals surface area contributed by atoms with E-state index >= 15 is 0 Å². The summed E-state index contributed by atoms with van der Waals surface area (Å²) in [5, 5.41) is 0.840. The van der Waals surface area contributed by atoms with Crippen molar-refractivity contribution in [3.63, 3.8) is 0 Å². The standard InChI is InChI=1S/C26H26F3NO4/c1-3-11-34-25(9-12-32-13-10-25)20-14-21(26(27,28)29)16-22(15-20)33-17-19-6-4-5-18-7-8-23(31)30(2)24(18)19/h3-8,14-16H,1,9-13,17H2,2H3. The zero-order chi connectivity index (χ0) is 24.3. The number of rotatable bonds is 7. The lowest BCUT2D eigenvalue weighted by atomic mass is 9.85. The molecule has 0 atom stereocenters. The summed E-state index contributed by atoms with van der Waals surface area (Å²) >= 11 is 0. The second kappa shape index (κ2) is 9.64. The number of para-hydroxylation sites is 1. The van der Waals surface area contributed by atoms with Gasteiger partial charge in [-0.05, 0) is 35.2 Å². The summed E-state index contributed by atoms with van der Waals surface area (Å²) in [5.41, 5.74) is -0.138. The van der Waals surface area contributed by atoms with Crippen LogP contribution in [-0.2, 0) is 34.9 Å². The maximum absolute atomic E-state index is 13.8. The Labute approximate surface area is 195 Å². The van der Waals surface area contributed by atoms with E-state index < -0.39 is 17.3 Å². The normalized spacial score (nSPS) is 15.9. The maximum atomic E-state index is 13.8. The highest BCUT2D eigenvalue weighted by Crippen LogP contribution is 2.41. The van der Waals surface area contributed by atoms with Gasteiger partial charge in [0.15, 0.2) is 0 Å². The van der Waals surface area contributed by atoms with E-state index in [1.54, 1.807) is 31.3 Å². The first kappa shape index (κ1) is 24.0. The molecule has 180 valence electrons. The molecule has 2 heterocycles. The van der Waals surface area contributed by atoms with Gasteiger partial charge in [0.05, 0.1) is 23.3 Å². The van der Waals surface area contributed by atoms with Crippen molar-refractivity contribution in [2.24, 2.45) is 7.05 Å². The summed E-state index contributed by atoms with van der Waals surface area (Å²) in [6.45, 7) is 4.63. The molecule has 2 aromatic carbocycles. The molecule has 0 bridgehead atoms. The third kappa shape index (κ3) is 4.88. The van der Waals surface area contributed by atoms with Gasteiger partial charge in [-0.2, -0.15) is 13.2 Å². The number of aromatic nitrogens is 1. The fraction of sp³-hybridized carbons (Fsp3) is 0.346. The molecule has 1 aliphatic heterocycles. The number of ether oxygens (including phenoxy) is 3. The number of hydrogen-bond acceptors (Lipinski definition) is 4. The molecule has 1 saturated heterocycles. The molecule has 0 unspecified atom stereocenters. The van der Waals surface area contributed by atoms with E-state index in [1.807, 2.05) is 12.1 Å². The van der Waals surface area contributed by atoms with Crippen LogP contribution in [0.15, 0.2) is 66.0 Å². The first-order valence-corrected chi connectivity index (χ1v) is 11.0. The first-order chi connectivity index (χ1) is 16.2. The van der Waals surface area contributed by atoms with E-state index in [0.29, 0.717) is 42.7 Å². The third-order valence-electron chi connectivity index (χ3n) is 6.15. The largest absolute Gasteiger partial charge is 0.489 e. The Morgan fingerprint density at radius 1 is 1.15 bits per heavy atom. The summed E-state index contributed by atoms with van der Waals surface area (Å²) in [7, 11) is 1.66. The van der Waals surface area contributed by atoms with Crippen LogP contribution in [-0.4, -0.2) is 24.4 Å². The van der Waals surface area contributed by atoms with Crippen LogP contribution in [0.25, 0.3) is 10.9 Å². The van der Waals surface area contributed by atoms with Gasteiger partial charge in [-0.3, -0.25) is 4.79 Å². The molecule has 0 saturated carbocycles. The zero-order valence-corrected chi connectivity index (χ0v) is 18.9. The number of pyridine rings is 1. The fourth-order valence-corrected chi connectivity index (χ4v) is 4.36. The molecular weight excluding hydrogens is 447 g/mol. The van der Waals surface area contributed by atoms with Gasteiger partial charge in [0.2, 0.25) is 0 Å². The smallest absolute Gasteiger partial charge is 0.416 e. The lowest BCUT2D eigenvalue weighted by molar-refractivity contribution is -0.138. The monoisotopic (exact) mass is 473 g/mol. The van der Waals surface area contributed by atoms with Crippen LogP contribution in [0.1, 0.15) is 29.5 Å². The van der Waals surface area contributed by atoms with Gasteiger partial charge in [-0.25, -0.2) is 0 Å². The molecule has 3 aromatic rings. The highest BCUT2D eigenvalue weighted by Gasteiger charge is 2.39. The van der Waals surface area contributed by atoms with Gasteiger partial charge < -0.3 is 18.8 Å². The number of halogens is 3. The van der Waals surface area contributed by atoms with E-state index in [0.717, 1.165) is 17.5 Å². The highest BCUT2D eigenvalue weighted by atomic mass is 19.4. The van der Waals surface area contributed by atoms with Crippen molar-refractivity contribution in [2.45, 2.75) is 31.2 Å². The van der Waals surface area contributed by atoms with Gasteiger partial charge >= 0.3 is 6.18 Å². The second-order valence-corrected chi connectivity index (χ2v) is 8.32. The minimum atomic E-state index is -4.55. The predicted octanol–water partition coefficient (Wildman–Crippen LogP) is 5.34. The molecule has 8 heteroatoms. The number of hydrogen-bond donors (Lipinski definition) is 0. The van der Waals surface area contributed by atoms with Gasteiger partial charge in [-0.1, -0.05) is 24.3 Å². The summed E-state index contributed by atoms with van der Waals surface area (Å²) in [6, 6.07) is 12.4. The van der Waals surface area contributed by atoms with Crippen LogP contribution >= 0.6 is 0 Å². The Balaban J connectivity index is 1.73. The lowest BCUT2D eigenvalue weighted by Crippen LogP contribution is -2.37. The van der Waals surface area contributed by atoms with Crippen LogP contribution in [0.2, 0.25) is 0 Å². The van der Waals surface area contributed by atoms with Crippen LogP contribution in [0.5, 0.6) is 5.75 Å². The molecule has 0 amide bonds. The number of fused-ring (bicyclic) bond motifs is 1. The van der Waals surface area contributed by atoms with Crippen LogP contribution in [0.3, 0.4) is 0 Å². The molecule has 1 fully saturated rings. The fourth-order valence-electron chi connectivity index (χ4n) is 4.36. The summed E-state index contributed by atoms with van der Waals surface area (Å²) in [6.07, 6.45) is -2.13. The van der Waals surface area contributed by atoms with E-state index in [-0.39, 0.29) is 24.5 Å². The molecule has 1 aliphatic rings. The van der Waals surface area contributed by atoms with Gasteiger partial charge in [0, 0.05) is 44.7 Å². The second-order valence-electron chi connectivity index (χ2n) is 8.32. The maximum Gasteiger partial charge on any atom is 0.416 e. The highest BCUT2D eigenvalue weighted by molar-refractivity contribution is 5.82. The lowest BCUT2D eigenvalue weighted by Gasteiger charge is -2.38. The van der Waals surface area contributed by atoms with E-state index in [1.165, 1.54) is 10.6 Å². The third-order valence-corrected chi connectivity index (χ3v) is 6.15. The van der Waals surface area contributed by atoms with Crippen LogP contribution < -0.4 is 10.3 Å². The SMILES string of the molecule is C=CCOC1(c2cc(OCc3cccc4ccc(=O)n(C)c34)cc(C(F)(F)F)c2)CCOCC1. The molecule has 4 rings (SSSR count). The van der Waals surface area contributed by atoms with Crippen molar-refractivity contribution in [2.75, 3.05) is 19.8 Å². The molecule has 34 heavy (non-hydrogen) atoms. The van der Waals surface area contributed by atoms with Gasteiger partial charge in [0.25, 0.3) is 5.56 Å².